The van der Waals surface area contributed by atoms with Gasteiger partial charge in [-0.25, -0.2) is 9.37 Å². The van der Waals surface area contributed by atoms with Crippen LogP contribution in [0.2, 0.25) is 4.47 Å². The molecule has 0 aliphatic heterocycles. The van der Waals surface area contributed by atoms with E-state index >= 15 is 0 Å². The van der Waals surface area contributed by atoms with Crippen LogP contribution in [0.25, 0.3) is 10.2 Å². The molecule has 12 heavy (non-hydrogen) atoms. The molecule has 1 aromatic heterocycles. The van der Waals surface area contributed by atoms with Gasteiger partial charge in [0, 0.05) is 4.47 Å². The summed E-state index contributed by atoms with van der Waals surface area (Å²) < 4.78 is 14.9. The Morgan fingerprint density at radius 3 is 3.00 bits per heavy atom. The average molecular weight is 267 g/mol. The molecule has 0 aliphatic carbocycles. The Kier molecular flexibility index (Phi) is 2.06. The molecule has 62 valence electrons. The van der Waals surface area contributed by atoms with Gasteiger partial charge in [0.2, 0.25) is 0 Å². The van der Waals surface area contributed by atoms with Crippen molar-refractivity contribution in [3.63, 3.8) is 0 Å². The van der Waals surface area contributed by atoms with Gasteiger partial charge in [0.1, 0.15) is 5.52 Å². The van der Waals surface area contributed by atoms with Crippen LogP contribution in [0.3, 0.4) is 0 Å². The molecule has 1 nitrogen and oxygen atoms in total. The number of benzene rings is 1. The lowest BCUT2D eigenvalue weighted by molar-refractivity contribution is 0.636. The van der Waals surface area contributed by atoms with Gasteiger partial charge in [-0.2, -0.15) is 0 Å². The Bertz CT molecular complexity index is 442. The molecule has 0 radical (unpaired) electrons. The summed E-state index contributed by atoms with van der Waals surface area (Å²) in [6.45, 7) is 0. The molecule has 5 heteroatoms. The second-order valence-corrected chi connectivity index (χ2v) is 4.73. The highest BCUT2D eigenvalue weighted by atomic mass is 79.9. The fourth-order valence-electron chi connectivity index (χ4n) is 0.930. The number of hydrogen-bond donors (Lipinski definition) is 0. The molecule has 0 bridgehead atoms. The minimum Gasteiger partial charge on any atom is -0.222 e. The van der Waals surface area contributed by atoms with Crippen molar-refractivity contribution in [2.45, 2.75) is 0 Å². The van der Waals surface area contributed by atoms with Crippen molar-refractivity contribution in [3.05, 3.63) is 26.9 Å². The van der Waals surface area contributed by atoms with Crippen LogP contribution in [0.15, 0.2) is 16.6 Å². The second-order valence-electron chi connectivity index (χ2n) is 2.20. The fraction of sp³-hybridized carbons (Fsp3) is 0. The lowest BCUT2D eigenvalue weighted by Crippen LogP contribution is -1.76. The number of aromatic nitrogens is 1. The molecule has 0 unspecified atom stereocenters. The summed E-state index contributed by atoms with van der Waals surface area (Å²) in [6, 6.07) is 3.17. The molecular weight excluding hydrogens is 265 g/mol. The molecule has 2 rings (SSSR count). The highest BCUT2D eigenvalue weighted by Crippen LogP contribution is 2.30. The van der Waals surface area contributed by atoms with E-state index < -0.39 is 0 Å². The molecule has 0 atom stereocenters. The average Bonchev–Trinajstić information content (AvgIpc) is 2.29. The number of thiazole rings is 1. The number of rotatable bonds is 0. The first kappa shape index (κ1) is 8.41. The monoisotopic (exact) mass is 265 g/mol. The van der Waals surface area contributed by atoms with E-state index in [9.17, 15) is 4.39 Å². The third-order valence-corrected chi connectivity index (χ3v) is 2.95. The van der Waals surface area contributed by atoms with Crippen molar-refractivity contribution in [3.8, 4) is 0 Å². The molecule has 0 saturated heterocycles. The van der Waals surface area contributed by atoms with Crippen molar-refractivity contribution in [1.82, 2.24) is 4.98 Å². The van der Waals surface area contributed by atoms with Gasteiger partial charge in [-0.1, -0.05) is 27.5 Å². The van der Waals surface area contributed by atoms with Crippen LogP contribution in [-0.4, -0.2) is 4.98 Å². The van der Waals surface area contributed by atoms with Crippen LogP contribution in [-0.2, 0) is 0 Å². The SMILES string of the molecule is Fc1cc(Br)cc2sc(Cl)nc12. The van der Waals surface area contributed by atoms with Crippen LogP contribution in [0, 0.1) is 5.82 Å². The van der Waals surface area contributed by atoms with Crippen molar-refractivity contribution < 1.29 is 4.39 Å². The number of hydrogen-bond acceptors (Lipinski definition) is 2. The van der Waals surface area contributed by atoms with Gasteiger partial charge in [-0.3, -0.25) is 0 Å². The minimum atomic E-state index is -0.345. The van der Waals surface area contributed by atoms with E-state index in [1.165, 1.54) is 17.4 Å². The summed E-state index contributed by atoms with van der Waals surface area (Å²) in [5.41, 5.74) is 0.341. The summed E-state index contributed by atoms with van der Waals surface area (Å²) in [5, 5.41) is 0. The molecular formula is C7H2BrClFNS. The summed E-state index contributed by atoms with van der Waals surface area (Å²) in [6.07, 6.45) is 0. The minimum absolute atomic E-state index is 0.341. The predicted octanol–water partition coefficient (Wildman–Crippen LogP) is 3.85. The normalized spacial score (nSPS) is 10.9. The second kappa shape index (κ2) is 2.94. The highest BCUT2D eigenvalue weighted by Gasteiger charge is 2.07. The first-order valence-corrected chi connectivity index (χ1v) is 5.06. The molecule has 0 fully saturated rings. The third-order valence-electron chi connectivity index (χ3n) is 1.39. The van der Waals surface area contributed by atoms with E-state index in [1.54, 1.807) is 6.07 Å². The molecule has 0 amide bonds. The van der Waals surface area contributed by atoms with E-state index in [-0.39, 0.29) is 5.82 Å². The van der Waals surface area contributed by atoms with Gasteiger partial charge >= 0.3 is 0 Å². The first-order chi connectivity index (χ1) is 5.66. The molecule has 2 aromatic rings. The zero-order valence-electron chi connectivity index (χ0n) is 5.64. The molecule has 0 N–H and O–H groups in total. The Labute approximate surface area is 85.3 Å². The first-order valence-electron chi connectivity index (χ1n) is 3.08. The van der Waals surface area contributed by atoms with Crippen molar-refractivity contribution in [2.75, 3.05) is 0 Å². The molecule has 1 aromatic carbocycles. The van der Waals surface area contributed by atoms with Crippen molar-refractivity contribution >= 4 is 49.1 Å². The summed E-state index contributed by atoms with van der Waals surface area (Å²) in [4.78, 5) is 3.84. The largest absolute Gasteiger partial charge is 0.222 e. The Morgan fingerprint density at radius 1 is 1.50 bits per heavy atom. The van der Waals surface area contributed by atoms with Crippen molar-refractivity contribution in [1.29, 1.82) is 0 Å². The van der Waals surface area contributed by atoms with E-state index in [0.29, 0.717) is 14.5 Å². The summed E-state index contributed by atoms with van der Waals surface area (Å²) >= 11 is 10.1. The van der Waals surface area contributed by atoms with Crippen molar-refractivity contribution in [2.24, 2.45) is 0 Å². The fourth-order valence-corrected chi connectivity index (χ4v) is 2.59. The predicted molar refractivity (Wildman–Crippen MR) is 52.3 cm³/mol. The van der Waals surface area contributed by atoms with Gasteiger partial charge < -0.3 is 0 Å². The third kappa shape index (κ3) is 1.34. The molecule has 0 spiro atoms. The van der Waals surface area contributed by atoms with E-state index in [2.05, 4.69) is 20.9 Å². The van der Waals surface area contributed by atoms with Gasteiger partial charge in [0.15, 0.2) is 10.3 Å². The van der Waals surface area contributed by atoms with Crippen LogP contribution < -0.4 is 0 Å². The zero-order valence-corrected chi connectivity index (χ0v) is 8.80. The molecule has 1 heterocycles. The highest BCUT2D eigenvalue weighted by molar-refractivity contribution is 9.10. The van der Waals surface area contributed by atoms with Gasteiger partial charge in [0.25, 0.3) is 0 Å². The number of fused-ring (bicyclic) bond motifs is 1. The maximum atomic E-state index is 13.1. The maximum absolute atomic E-state index is 13.1. The van der Waals surface area contributed by atoms with Crippen LogP contribution in [0.4, 0.5) is 4.39 Å². The Balaban J connectivity index is 2.88. The Morgan fingerprint density at radius 2 is 2.25 bits per heavy atom. The van der Waals surface area contributed by atoms with Gasteiger partial charge in [-0.05, 0) is 12.1 Å². The number of halogens is 3. The molecule has 0 aliphatic rings. The lowest BCUT2D eigenvalue weighted by atomic mass is 10.3. The summed E-state index contributed by atoms with van der Waals surface area (Å²) in [5.74, 6) is -0.345. The number of nitrogens with zero attached hydrogens (tertiary/aromatic N) is 1. The standard InChI is InChI=1S/C7H2BrClFNS/c8-3-1-4(10)6-5(2-3)12-7(9)11-6/h1-2H. The van der Waals surface area contributed by atoms with Crippen LogP contribution >= 0.6 is 38.9 Å². The topological polar surface area (TPSA) is 12.9 Å². The maximum Gasteiger partial charge on any atom is 0.184 e. The van der Waals surface area contributed by atoms with E-state index in [0.717, 1.165) is 4.70 Å². The van der Waals surface area contributed by atoms with E-state index in [4.69, 9.17) is 11.6 Å². The van der Waals surface area contributed by atoms with Gasteiger partial charge in [-0.15, -0.1) is 11.3 Å². The molecule has 0 saturated carbocycles. The zero-order chi connectivity index (χ0) is 8.72. The lowest BCUT2D eigenvalue weighted by Gasteiger charge is -1.91. The Hall–Kier alpha value is -0.190. The summed E-state index contributed by atoms with van der Waals surface area (Å²) in [7, 11) is 0. The van der Waals surface area contributed by atoms with E-state index in [1.807, 2.05) is 0 Å². The quantitative estimate of drug-likeness (QED) is 0.706. The smallest absolute Gasteiger partial charge is 0.184 e. The van der Waals surface area contributed by atoms with Gasteiger partial charge in [0.05, 0.1) is 4.70 Å². The van der Waals surface area contributed by atoms with Crippen LogP contribution in [0.1, 0.15) is 0 Å². The van der Waals surface area contributed by atoms with Crippen LogP contribution in [0.5, 0.6) is 0 Å².